The van der Waals surface area contributed by atoms with E-state index in [1.165, 1.54) is 99.1 Å². The summed E-state index contributed by atoms with van der Waals surface area (Å²) in [5.74, 6) is -75.2. The van der Waals surface area contributed by atoms with Crippen molar-refractivity contribution in [1.29, 1.82) is 0 Å². The first-order valence-electron chi connectivity index (χ1n) is 18.4. The number of hydrogen-bond donors (Lipinski definition) is 0. The van der Waals surface area contributed by atoms with E-state index < -0.39 is 121 Å². The van der Waals surface area contributed by atoms with Crippen LogP contribution in [0.1, 0.15) is 12.8 Å². The lowest BCUT2D eigenvalue weighted by atomic mass is 9.93. The summed E-state index contributed by atoms with van der Waals surface area (Å²) in [4.78, 5) is 4.25. The predicted octanol–water partition coefficient (Wildman–Crippen LogP) is 12.9. The zero-order valence-corrected chi connectivity index (χ0v) is 36.9. The summed E-state index contributed by atoms with van der Waals surface area (Å²) >= 11 is 0. The molecule has 1 aromatic heterocycles. The van der Waals surface area contributed by atoms with Crippen LogP contribution in [0.15, 0.2) is 72.9 Å². The summed E-state index contributed by atoms with van der Waals surface area (Å²) in [6, 6.07) is 12.4. The Morgan fingerprint density at radius 3 is 0.910 bits per heavy atom. The van der Waals surface area contributed by atoms with E-state index >= 15 is 0 Å². The molecule has 1 heterocycles. The van der Waals surface area contributed by atoms with Gasteiger partial charge < -0.3 is 0 Å². The van der Waals surface area contributed by atoms with Crippen LogP contribution in [-0.4, -0.2) is 92.7 Å². The molecule has 1 nitrogen and oxygen atoms in total. The number of nitrogens with zero attached hydrogens (tertiary/aromatic N) is 1. The van der Waals surface area contributed by atoms with Crippen molar-refractivity contribution >= 4 is 50.5 Å². The highest BCUT2D eigenvalue weighted by molar-refractivity contribution is 7.79. The fourth-order valence-corrected chi connectivity index (χ4v) is 12.9. The van der Waals surface area contributed by atoms with E-state index in [0.29, 0.717) is 16.0 Å². The molecule has 0 bridgehead atoms. The molecule has 3 aromatic rings. The van der Waals surface area contributed by atoms with Crippen molar-refractivity contribution in [3.63, 3.8) is 0 Å². The number of rotatable bonds is 19. The topological polar surface area (TPSA) is 12.9 Å². The Bertz CT molecular complexity index is 2020. The summed E-state index contributed by atoms with van der Waals surface area (Å²) in [6.45, 7) is 4.77. The Hall–Kier alpha value is -3.37. The minimum atomic E-state index is -8.05. The number of halogens is 26. The van der Waals surface area contributed by atoms with Gasteiger partial charge in [0.15, 0.2) is 0 Å². The Morgan fingerprint density at radius 1 is 0.373 bits per heavy atom. The Kier molecular flexibility index (Phi) is 15.4. The van der Waals surface area contributed by atoms with Crippen LogP contribution in [0.3, 0.4) is 0 Å². The van der Waals surface area contributed by atoms with E-state index in [9.17, 15) is 114 Å². The van der Waals surface area contributed by atoms with Crippen LogP contribution in [0.5, 0.6) is 0 Å². The molecule has 3 rings (SSSR count). The number of pyridine rings is 1. The van der Waals surface area contributed by atoms with Gasteiger partial charge in [0, 0.05) is 27.0 Å². The smallest absolute Gasteiger partial charge is 0.256 e. The Labute approximate surface area is 365 Å². The Balaban J connectivity index is 1.91. The average Bonchev–Trinajstić information content (AvgIpc) is 3.19. The highest BCUT2D eigenvalue weighted by Gasteiger charge is 2.92. The van der Waals surface area contributed by atoms with Crippen molar-refractivity contribution < 1.29 is 114 Å². The van der Waals surface area contributed by atoms with Gasteiger partial charge in [0.2, 0.25) is 0 Å². The maximum atomic E-state index is 14.7. The van der Waals surface area contributed by atoms with Crippen LogP contribution >= 0.6 is 7.92 Å². The molecule has 0 saturated heterocycles. The average molecular weight is 1070 g/mol. The van der Waals surface area contributed by atoms with Gasteiger partial charge >= 0.3 is 71.6 Å². The van der Waals surface area contributed by atoms with Crippen molar-refractivity contribution in [3.05, 3.63) is 72.9 Å². The molecule has 0 amide bonds. The van der Waals surface area contributed by atoms with Crippen molar-refractivity contribution in [2.24, 2.45) is 0 Å². The van der Waals surface area contributed by atoms with Gasteiger partial charge in [-0.05, 0) is 34.8 Å². The molecule has 0 atom stereocenters. The molecule has 0 aliphatic rings. The fraction of sp³-hybridized carbons (Fsp3) is 0.541. The molecule has 67 heavy (non-hydrogen) atoms. The molecule has 0 aliphatic carbocycles. The number of alkyl halides is 26. The van der Waals surface area contributed by atoms with Crippen molar-refractivity contribution in [2.75, 3.05) is 0 Å². The van der Waals surface area contributed by atoms with Gasteiger partial charge in [0.05, 0.1) is 21.6 Å². The molecular weight excluding hydrogens is 1040 g/mol. The third-order valence-corrected chi connectivity index (χ3v) is 20.0. The summed E-state index contributed by atoms with van der Waals surface area (Å²) in [7, 11) is -9.00. The molecule has 0 N–H and O–H groups in total. The monoisotopic (exact) mass is 1070 g/mol. The minimum Gasteiger partial charge on any atom is -0.256 e. The third-order valence-electron chi connectivity index (χ3n) is 10.8. The predicted molar refractivity (Wildman–Crippen MR) is 198 cm³/mol. The molecule has 0 unspecified atom stereocenters. The summed E-state index contributed by atoms with van der Waals surface area (Å²) in [6.07, 6.45) is -18.6. The van der Waals surface area contributed by atoms with Crippen LogP contribution in [0.25, 0.3) is 0 Å². The van der Waals surface area contributed by atoms with E-state index in [-0.39, 0.29) is 10.4 Å². The largest absolute Gasteiger partial charge is 0.460 e. The normalized spacial score (nSPS) is 15.4. The maximum absolute atomic E-state index is 14.7. The van der Waals surface area contributed by atoms with Crippen LogP contribution in [0, 0.1) is 0 Å². The second-order valence-electron chi connectivity index (χ2n) is 16.4. The zero-order valence-electron chi connectivity index (χ0n) is 34.0. The first kappa shape index (κ1) is 57.9. The molecule has 2 aromatic carbocycles. The van der Waals surface area contributed by atoms with Crippen LogP contribution in [0.2, 0.25) is 38.3 Å². The van der Waals surface area contributed by atoms with E-state index in [2.05, 4.69) is 4.98 Å². The van der Waals surface area contributed by atoms with Gasteiger partial charge in [-0.2, -0.15) is 114 Å². The lowest BCUT2D eigenvalue weighted by molar-refractivity contribution is -0.440. The van der Waals surface area contributed by atoms with Crippen LogP contribution in [0.4, 0.5) is 114 Å². The molecule has 0 saturated carbocycles. The number of benzene rings is 2. The van der Waals surface area contributed by atoms with Crippen molar-refractivity contribution in [3.8, 4) is 0 Å². The van der Waals surface area contributed by atoms with Crippen LogP contribution < -0.4 is 26.4 Å². The molecule has 0 radical (unpaired) electrons. The molecule has 0 spiro atoms. The summed E-state index contributed by atoms with van der Waals surface area (Å²) < 4.78 is 355. The zero-order chi connectivity index (χ0) is 52.5. The lowest BCUT2D eigenvalue weighted by Gasteiger charge is -2.40. The number of hydrogen-bond acceptors (Lipinski definition) is 1. The van der Waals surface area contributed by atoms with Gasteiger partial charge in [0.25, 0.3) is 0 Å². The van der Waals surface area contributed by atoms with Gasteiger partial charge in [-0.1, -0.05) is 91.2 Å². The third kappa shape index (κ3) is 9.88. The van der Waals surface area contributed by atoms with Gasteiger partial charge in [-0.3, -0.25) is 4.98 Å². The maximum Gasteiger partial charge on any atom is 0.460 e. The summed E-state index contributed by atoms with van der Waals surface area (Å²) in [5, 5.41) is 0.860. The van der Waals surface area contributed by atoms with Crippen molar-refractivity contribution in [1.82, 2.24) is 4.98 Å². The Morgan fingerprint density at radius 2 is 0.657 bits per heavy atom. The van der Waals surface area contributed by atoms with E-state index in [1.54, 1.807) is 0 Å². The standard InChI is InChI=1S/C37H32F26NPSi2/c1-66(2,19-16-26(38,39)28(42,43)30(46,47)32(50,51)34(54,55)36(58,59)60)23-12-8-21(9-13-23)65(25-7-5-6-18-64-25)22-10-14-24(15-11-22)67(3,4)20-17-27(40,41)29(44,45)31(48,49)33(52,53)35(56,57)37(61,62)63/h5-15,18H,16-17,19-20H2,1-4H3. The summed E-state index contributed by atoms with van der Waals surface area (Å²) in [5.41, 5.74) is 0.303. The van der Waals surface area contributed by atoms with E-state index in [0.717, 1.165) is 0 Å². The first-order valence-corrected chi connectivity index (χ1v) is 26.2. The molecule has 0 fully saturated rings. The highest BCUT2D eigenvalue weighted by atomic mass is 31.1. The molecule has 30 heteroatoms. The van der Waals surface area contributed by atoms with Gasteiger partial charge in [-0.15, -0.1) is 0 Å². The minimum absolute atomic E-state index is 0.0908. The molecular formula is C37H32F26NPSi2. The van der Waals surface area contributed by atoms with E-state index in [1.807, 2.05) is 0 Å². The second-order valence-corrected chi connectivity index (χ2v) is 28.2. The number of aromatic nitrogens is 1. The van der Waals surface area contributed by atoms with Crippen molar-refractivity contribution in [2.45, 2.75) is 123 Å². The lowest BCUT2D eigenvalue weighted by Crippen LogP contribution is -2.70. The van der Waals surface area contributed by atoms with Gasteiger partial charge in [-0.25, -0.2) is 0 Å². The van der Waals surface area contributed by atoms with Crippen LogP contribution in [-0.2, 0) is 0 Å². The quantitative estimate of drug-likeness (QED) is 0.0662. The molecule has 0 aliphatic heterocycles. The fourth-order valence-electron chi connectivity index (χ4n) is 6.17. The van der Waals surface area contributed by atoms with Gasteiger partial charge in [0.1, 0.15) is 0 Å². The second kappa shape index (κ2) is 17.8. The first-order chi connectivity index (χ1) is 29.6. The van der Waals surface area contributed by atoms with E-state index in [4.69, 9.17) is 0 Å². The SMILES string of the molecule is C[Si](C)(CCC(F)(F)C(F)(F)C(F)(F)C(F)(F)C(F)(F)C(F)(F)F)c1ccc(P(c2ccc([Si](C)(C)CCC(F)(F)C(F)(F)C(F)(F)C(F)(F)C(F)(F)C(F)(F)F)cc2)c2ccccn2)cc1. The molecule has 380 valence electrons. The highest BCUT2D eigenvalue weighted by Crippen LogP contribution is 2.62.